The Hall–Kier alpha value is -1.16. The molecule has 3 nitrogen and oxygen atoms in total. The molecular formula is C8H5BrN2O. The molecule has 12 heavy (non-hydrogen) atoms. The number of nitrogens with zero attached hydrogens (tertiary/aromatic N) is 2. The van der Waals surface area contributed by atoms with Gasteiger partial charge in [-0.3, -0.25) is 0 Å². The van der Waals surface area contributed by atoms with Gasteiger partial charge >= 0.3 is 0 Å². The lowest BCUT2D eigenvalue weighted by Gasteiger charge is -1.99. The summed E-state index contributed by atoms with van der Waals surface area (Å²) < 4.78 is 0.616. The average Bonchev–Trinajstić information content (AvgIpc) is 2.04. The lowest BCUT2D eigenvalue weighted by molar-refractivity contribution is 0.481. The average molecular weight is 225 g/mol. The predicted octanol–water partition coefficient (Wildman–Crippen LogP) is 2.10. The summed E-state index contributed by atoms with van der Waals surface area (Å²) in [6.07, 6.45) is 1.45. The van der Waals surface area contributed by atoms with Gasteiger partial charge in [0.1, 0.15) is 16.7 Å². The fraction of sp³-hybridized carbons (Fsp3) is 0. The van der Waals surface area contributed by atoms with E-state index in [9.17, 15) is 5.11 Å². The zero-order chi connectivity index (χ0) is 8.55. The van der Waals surface area contributed by atoms with Crippen molar-refractivity contribution in [3.05, 3.63) is 29.1 Å². The number of rotatable bonds is 0. The smallest absolute Gasteiger partial charge is 0.127 e. The molecule has 0 saturated heterocycles. The molecule has 0 fully saturated rings. The standard InChI is InChI=1S/C8H5BrN2O/c9-8-7-5(10-4-11-8)2-1-3-6(7)12/h1-4,12H. The molecule has 0 amide bonds. The fourth-order valence-electron chi connectivity index (χ4n) is 1.05. The monoisotopic (exact) mass is 224 g/mol. The Kier molecular flexibility index (Phi) is 1.69. The van der Waals surface area contributed by atoms with Crippen LogP contribution in [0.4, 0.5) is 0 Å². The Bertz CT molecular complexity index is 394. The summed E-state index contributed by atoms with van der Waals surface area (Å²) in [5.74, 6) is 0.194. The van der Waals surface area contributed by atoms with E-state index in [4.69, 9.17) is 0 Å². The molecule has 2 rings (SSSR count). The highest BCUT2D eigenvalue weighted by Crippen LogP contribution is 2.27. The molecule has 1 aromatic heterocycles. The first-order valence-corrected chi connectivity index (χ1v) is 4.16. The topological polar surface area (TPSA) is 46.0 Å². The molecule has 1 aromatic carbocycles. The number of phenolic OH excluding ortho intramolecular Hbond substituents is 1. The second kappa shape index (κ2) is 2.71. The minimum atomic E-state index is 0.194. The zero-order valence-electron chi connectivity index (χ0n) is 6.03. The SMILES string of the molecule is Oc1cccc2ncnc(Br)c12. The molecular weight excluding hydrogens is 220 g/mol. The van der Waals surface area contributed by atoms with Crippen LogP contribution in [-0.4, -0.2) is 15.1 Å². The predicted molar refractivity (Wildman–Crippen MR) is 48.9 cm³/mol. The van der Waals surface area contributed by atoms with Crippen molar-refractivity contribution in [1.29, 1.82) is 0 Å². The third-order valence-electron chi connectivity index (χ3n) is 1.59. The highest BCUT2D eigenvalue weighted by Gasteiger charge is 2.03. The first kappa shape index (κ1) is 7.49. The van der Waals surface area contributed by atoms with E-state index in [0.29, 0.717) is 9.99 Å². The first-order valence-electron chi connectivity index (χ1n) is 3.37. The van der Waals surface area contributed by atoms with Gasteiger partial charge in [0, 0.05) is 0 Å². The number of aromatic hydroxyl groups is 1. The Balaban J connectivity index is 2.96. The molecule has 0 unspecified atom stereocenters. The van der Waals surface area contributed by atoms with Crippen molar-refractivity contribution in [3.63, 3.8) is 0 Å². The fourth-order valence-corrected chi connectivity index (χ4v) is 1.55. The van der Waals surface area contributed by atoms with Crippen molar-refractivity contribution < 1.29 is 5.11 Å². The Morgan fingerprint density at radius 3 is 2.83 bits per heavy atom. The summed E-state index contributed by atoms with van der Waals surface area (Å²) in [6, 6.07) is 5.18. The van der Waals surface area contributed by atoms with Crippen LogP contribution in [-0.2, 0) is 0 Å². The Labute approximate surface area is 77.2 Å². The molecule has 0 bridgehead atoms. The van der Waals surface area contributed by atoms with Gasteiger partial charge in [-0.05, 0) is 28.1 Å². The van der Waals surface area contributed by atoms with Crippen molar-refractivity contribution in [3.8, 4) is 5.75 Å². The van der Waals surface area contributed by atoms with Crippen molar-refractivity contribution in [1.82, 2.24) is 9.97 Å². The van der Waals surface area contributed by atoms with Gasteiger partial charge in [-0.1, -0.05) is 6.07 Å². The van der Waals surface area contributed by atoms with Crippen LogP contribution in [0.1, 0.15) is 0 Å². The summed E-state index contributed by atoms with van der Waals surface area (Å²) in [4.78, 5) is 7.92. The van der Waals surface area contributed by atoms with E-state index >= 15 is 0 Å². The number of hydrogen-bond acceptors (Lipinski definition) is 3. The normalized spacial score (nSPS) is 10.4. The number of halogens is 1. The quantitative estimate of drug-likeness (QED) is 0.698. The minimum Gasteiger partial charge on any atom is -0.507 e. The maximum atomic E-state index is 9.44. The zero-order valence-corrected chi connectivity index (χ0v) is 7.62. The van der Waals surface area contributed by atoms with E-state index in [-0.39, 0.29) is 5.75 Å². The van der Waals surface area contributed by atoms with Crippen LogP contribution in [0.3, 0.4) is 0 Å². The highest BCUT2D eigenvalue weighted by molar-refractivity contribution is 9.10. The van der Waals surface area contributed by atoms with Crippen LogP contribution < -0.4 is 0 Å². The second-order valence-electron chi connectivity index (χ2n) is 2.34. The molecule has 0 spiro atoms. The number of fused-ring (bicyclic) bond motifs is 1. The van der Waals surface area contributed by atoms with Crippen LogP contribution in [0.5, 0.6) is 5.75 Å². The number of benzene rings is 1. The minimum absolute atomic E-state index is 0.194. The molecule has 0 saturated carbocycles. The van der Waals surface area contributed by atoms with Crippen LogP contribution in [0.15, 0.2) is 29.1 Å². The molecule has 60 valence electrons. The van der Waals surface area contributed by atoms with Gasteiger partial charge < -0.3 is 5.11 Å². The lowest BCUT2D eigenvalue weighted by Crippen LogP contribution is -1.83. The highest BCUT2D eigenvalue weighted by atomic mass is 79.9. The summed E-state index contributed by atoms with van der Waals surface area (Å²) in [5, 5.41) is 10.1. The van der Waals surface area contributed by atoms with E-state index in [1.807, 2.05) is 6.07 Å². The molecule has 0 aliphatic heterocycles. The van der Waals surface area contributed by atoms with Gasteiger partial charge in [0.05, 0.1) is 10.9 Å². The van der Waals surface area contributed by atoms with Gasteiger partial charge in [0.15, 0.2) is 0 Å². The van der Waals surface area contributed by atoms with Crippen LogP contribution in [0, 0.1) is 0 Å². The van der Waals surface area contributed by atoms with Crippen molar-refractivity contribution in [2.24, 2.45) is 0 Å². The maximum Gasteiger partial charge on any atom is 0.127 e. The third kappa shape index (κ3) is 1.04. The summed E-state index contributed by atoms with van der Waals surface area (Å²) >= 11 is 3.24. The maximum absolute atomic E-state index is 9.44. The molecule has 0 radical (unpaired) electrons. The van der Waals surface area contributed by atoms with Crippen molar-refractivity contribution in [2.75, 3.05) is 0 Å². The molecule has 1 heterocycles. The Morgan fingerprint density at radius 1 is 1.25 bits per heavy atom. The van der Waals surface area contributed by atoms with Gasteiger partial charge in [-0.15, -0.1) is 0 Å². The van der Waals surface area contributed by atoms with E-state index < -0.39 is 0 Å². The van der Waals surface area contributed by atoms with Crippen molar-refractivity contribution >= 4 is 26.8 Å². The molecule has 4 heteroatoms. The number of phenols is 1. The van der Waals surface area contributed by atoms with Crippen molar-refractivity contribution in [2.45, 2.75) is 0 Å². The lowest BCUT2D eigenvalue weighted by atomic mass is 10.2. The number of aromatic nitrogens is 2. The summed E-state index contributed by atoms with van der Waals surface area (Å²) in [7, 11) is 0. The van der Waals surface area contributed by atoms with Crippen LogP contribution in [0.2, 0.25) is 0 Å². The van der Waals surface area contributed by atoms with Gasteiger partial charge in [0.2, 0.25) is 0 Å². The van der Waals surface area contributed by atoms with E-state index in [0.717, 1.165) is 5.52 Å². The van der Waals surface area contributed by atoms with Crippen LogP contribution in [0.25, 0.3) is 10.9 Å². The van der Waals surface area contributed by atoms with Gasteiger partial charge in [-0.2, -0.15) is 0 Å². The molecule has 1 N–H and O–H groups in total. The summed E-state index contributed by atoms with van der Waals surface area (Å²) in [5.41, 5.74) is 0.733. The first-order chi connectivity index (χ1) is 5.79. The molecule has 0 aliphatic carbocycles. The third-order valence-corrected chi connectivity index (χ3v) is 2.20. The molecule has 0 aliphatic rings. The van der Waals surface area contributed by atoms with Crippen LogP contribution >= 0.6 is 15.9 Å². The second-order valence-corrected chi connectivity index (χ2v) is 3.09. The Morgan fingerprint density at radius 2 is 2.08 bits per heavy atom. The van der Waals surface area contributed by atoms with E-state index in [1.54, 1.807) is 12.1 Å². The largest absolute Gasteiger partial charge is 0.507 e. The van der Waals surface area contributed by atoms with E-state index in [1.165, 1.54) is 6.33 Å². The van der Waals surface area contributed by atoms with Gasteiger partial charge in [-0.25, -0.2) is 9.97 Å². The van der Waals surface area contributed by atoms with Gasteiger partial charge in [0.25, 0.3) is 0 Å². The number of hydrogen-bond donors (Lipinski definition) is 1. The molecule has 2 aromatic rings. The van der Waals surface area contributed by atoms with E-state index in [2.05, 4.69) is 25.9 Å². The molecule has 0 atom stereocenters. The summed E-state index contributed by atoms with van der Waals surface area (Å²) in [6.45, 7) is 0.